The smallest absolute Gasteiger partial charge is 0.231 e. The van der Waals surface area contributed by atoms with Gasteiger partial charge in [-0.05, 0) is 44.4 Å². The molecule has 3 aliphatic rings. The van der Waals surface area contributed by atoms with E-state index in [9.17, 15) is 9.90 Å². The Bertz CT molecular complexity index is 770. The van der Waals surface area contributed by atoms with E-state index in [4.69, 9.17) is 14.2 Å². The van der Waals surface area contributed by atoms with Crippen LogP contribution in [0.15, 0.2) is 17.4 Å². The number of benzene rings is 1. The molecule has 0 radical (unpaired) electrons. The first kappa shape index (κ1) is 17.2. The normalized spacial score (nSPS) is 24.4. The molecular weight excluding hydrogens is 334 g/mol. The Morgan fingerprint density at radius 2 is 2.12 bits per heavy atom. The second-order valence-electron chi connectivity index (χ2n) is 7.22. The first-order chi connectivity index (χ1) is 12.6. The van der Waals surface area contributed by atoms with Crippen molar-refractivity contribution in [3.05, 3.63) is 28.5 Å². The molecule has 0 spiro atoms. The maximum Gasteiger partial charge on any atom is 0.231 e. The molecule has 1 aliphatic carbocycles. The van der Waals surface area contributed by atoms with Crippen molar-refractivity contribution in [2.45, 2.75) is 44.6 Å². The predicted octanol–water partition coefficient (Wildman–Crippen LogP) is 3.30. The van der Waals surface area contributed by atoms with Gasteiger partial charge < -0.3 is 19.3 Å². The van der Waals surface area contributed by atoms with E-state index in [-0.39, 0.29) is 24.4 Å². The number of allylic oxidation sites excluding steroid dienone is 1. The van der Waals surface area contributed by atoms with Crippen molar-refractivity contribution < 1.29 is 24.1 Å². The summed E-state index contributed by atoms with van der Waals surface area (Å²) < 4.78 is 16.8. The molecule has 0 bridgehead atoms. The van der Waals surface area contributed by atoms with Crippen LogP contribution < -0.4 is 14.2 Å². The van der Waals surface area contributed by atoms with Crippen molar-refractivity contribution >= 4 is 5.78 Å². The molecule has 1 atom stereocenters. The molecule has 1 N–H and O–H groups in total. The van der Waals surface area contributed by atoms with Crippen LogP contribution in [0.1, 0.15) is 49.3 Å². The molecule has 0 saturated heterocycles. The van der Waals surface area contributed by atoms with Crippen molar-refractivity contribution in [3.63, 3.8) is 0 Å². The fourth-order valence-corrected chi connectivity index (χ4v) is 4.27. The van der Waals surface area contributed by atoms with E-state index in [0.29, 0.717) is 42.1 Å². The zero-order chi connectivity index (χ0) is 18.3. The Hall–Kier alpha value is -2.21. The lowest BCUT2D eigenvalue weighted by atomic mass is 9.86. The van der Waals surface area contributed by atoms with Gasteiger partial charge in [-0.25, -0.2) is 0 Å². The lowest BCUT2D eigenvalue weighted by molar-refractivity contribution is -0.116. The number of aliphatic hydroxyl groups is 1. The van der Waals surface area contributed by atoms with Crippen molar-refractivity contribution in [1.29, 1.82) is 0 Å². The van der Waals surface area contributed by atoms with Gasteiger partial charge in [0.1, 0.15) is 5.76 Å². The van der Waals surface area contributed by atoms with E-state index in [1.807, 2.05) is 13.1 Å². The Labute approximate surface area is 153 Å². The lowest BCUT2D eigenvalue weighted by Crippen LogP contribution is -2.33. The number of methoxy groups -OCH3 is 1. The lowest BCUT2D eigenvalue weighted by Gasteiger charge is -2.36. The summed E-state index contributed by atoms with van der Waals surface area (Å²) in [6.07, 6.45) is 4.38. The Morgan fingerprint density at radius 3 is 2.88 bits per heavy atom. The van der Waals surface area contributed by atoms with Crippen LogP contribution in [0.3, 0.4) is 0 Å². The number of fused-ring (bicyclic) bond motifs is 2. The van der Waals surface area contributed by atoms with E-state index >= 15 is 0 Å². The summed E-state index contributed by atoms with van der Waals surface area (Å²) in [5, 5.41) is 10.7. The average Bonchev–Trinajstić information content (AvgIpc) is 3.10. The van der Waals surface area contributed by atoms with Gasteiger partial charge in [-0.15, -0.1) is 0 Å². The van der Waals surface area contributed by atoms with E-state index < -0.39 is 0 Å². The molecule has 1 fully saturated rings. The van der Waals surface area contributed by atoms with Crippen LogP contribution in [0.2, 0.25) is 0 Å². The van der Waals surface area contributed by atoms with Gasteiger partial charge in [-0.3, -0.25) is 9.69 Å². The molecule has 1 saturated carbocycles. The number of carbonyl (C=O) groups excluding carboxylic acids is 1. The van der Waals surface area contributed by atoms with Gasteiger partial charge in [0.05, 0.1) is 7.11 Å². The number of rotatable bonds is 3. The second-order valence-corrected chi connectivity index (χ2v) is 7.22. The van der Waals surface area contributed by atoms with Gasteiger partial charge in [0.2, 0.25) is 12.5 Å². The summed E-state index contributed by atoms with van der Waals surface area (Å²) in [5.41, 5.74) is 2.79. The highest BCUT2D eigenvalue weighted by atomic mass is 16.7. The van der Waals surface area contributed by atoms with Crippen molar-refractivity contribution in [2.75, 3.05) is 27.5 Å². The number of nitrogens with zero attached hydrogens (tertiary/aromatic N) is 1. The Morgan fingerprint density at radius 1 is 1.31 bits per heavy atom. The maximum absolute atomic E-state index is 12.2. The molecule has 0 unspecified atom stereocenters. The summed E-state index contributed by atoms with van der Waals surface area (Å²) in [6, 6.07) is 1.96. The van der Waals surface area contributed by atoms with Gasteiger partial charge >= 0.3 is 0 Å². The fourth-order valence-electron chi connectivity index (χ4n) is 4.27. The van der Waals surface area contributed by atoms with Crippen molar-refractivity contribution in [2.24, 2.45) is 0 Å². The molecule has 6 nitrogen and oxygen atoms in total. The second kappa shape index (κ2) is 6.83. The van der Waals surface area contributed by atoms with Crippen LogP contribution in [0.4, 0.5) is 0 Å². The summed E-state index contributed by atoms with van der Waals surface area (Å²) in [6.45, 7) is 1.07. The van der Waals surface area contributed by atoms with Crippen molar-refractivity contribution in [3.8, 4) is 17.2 Å². The third-order valence-corrected chi connectivity index (χ3v) is 5.70. The standard InChI is InChI=1S/C20H25NO5/c1-21-8-7-12-9-17-19(26-11-25-17)20(24-2)18(12)14(21)10-16(23)13-5-3-4-6-15(13)22/h9,14,23H,3-8,10-11H2,1-2H3/t14-/m1/s1. The molecule has 140 valence electrons. The zero-order valence-electron chi connectivity index (χ0n) is 15.3. The van der Waals surface area contributed by atoms with Gasteiger partial charge in [0.15, 0.2) is 17.3 Å². The summed E-state index contributed by atoms with van der Waals surface area (Å²) in [7, 11) is 3.67. The van der Waals surface area contributed by atoms with E-state index in [1.54, 1.807) is 7.11 Å². The zero-order valence-corrected chi connectivity index (χ0v) is 15.3. The van der Waals surface area contributed by atoms with Crippen LogP contribution in [0.25, 0.3) is 0 Å². The monoisotopic (exact) mass is 359 g/mol. The van der Waals surface area contributed by atoms with Gasteiger partial charge in [-0.2, -0.15) is 0 Å². The van der Waals surface area contributed by atoms with Crippen LogP contribution in [0.5, 0.6) is 17.2 Å². The molecule has 2 heterocycles. The van der Waals surface area contributed by atoms with E-state index in [1.165, 1.54) is 0 Å². The molecule has 1 aromatic rings. The topological polar surface area (TPSA) is 68.2 Å². The van der Waals surface area contributed by atoms with E-state index in [2.05, 4.69) is 4.90 Å². The summed E-state index contributed by atoms with van der Waals surface area (Å²) in [4.78, 5) is 14.4. The first-order valence-corrected chi connectivity index (χ1v) is 9.24. The number of hydrogen-bond acceptors (Lipinski definition) is 6. The molecule has 0 amide bonds. The van der Waals surface area contributed by atoms with Gasteiger partial charge in [0, 0.05) is 36.6 Å². The van der Waals surface area contributed by atoms with Crippen LogP contribution in [-0.2, 0) is 11.2 Å². The molecule has 6 heteroatoms. The molecular formula is C20H25NO5. The summed E-state index contributed by atoms with van der Waals surface area (Å²) in [5.74, 6) is 2.34. The summed E-state index contributed by atoms with van der Waals surface area (Å²) >= 11 is 0. The fraction of sp³-hybridized carbons (Fsp3) is 0.550. The molecule has 2 aliphatic heterocycles. The van der Waals surface area contributed by atoms with Crippen molar-refractivity contribution in [1.82, 2.24) is 4.90 Å². The number of ether oxygens (including phenoxy) is 3. The van der Waals surface area contributed by atoms with Crippen LogP contribution in [-0.4, -0.2) is 43.3 Å². The Kier molecular flexibility index (Phi) is 4.53. The minimum absolute atomic E-state index is 0.0644. The predicted molar refractivity (Wildman–Crippen MR) is 95.9 cm³/mol. The minimum Gasteiger partial charge on any atom is -0.512 e. The number of likely N-dealkylation sites (N-methyl/N-ethyl adjacent to an activating group) is 1. The highest BCUT2D eigenvalue weighted by Crippen LogP contribution is 2.50. The SMILES string of the molecule is COc1c2c(cc3c1[C@@H](CC(O)=C1CCCCC1=O)N(C)CC3)OCO2. The molecule has 1 aromatic carbocycles. The number of aliphatic hydroxyl groups excluding tert-OH is 1. The number of ketones is 1. The largest absolute Gasteiger partial charge is 0.512 e. The minimum atomic E-state index is -0.0644. The van der Waals surface area contributed by atoms with Crippen LogP contribution in [0, 0.1) is 0 Å². The molecule has 0 aromatic heterocycles. The average molecular weight is 359 g/mol. The third kappa shape index (κ3) is 2.82. The molecule has 26 heavy (non-hydrogen) atoms. The third-order valence-electron chi connectivity index (χ3n) is 5.70. The van der Waals surface area contributed by atoms with Crippen LogP contribution >= 0.6 is 0 Å². The molecule has 4 rings (SSSR count). The van der Waals surface area contributed by atoms with E-state index in [0.717, 1.165) is 36.9 Å². The number of Topliss-reactive ketones (excluding diaryl/α,β-unsaturated/α-hetero) is 1. The van der Waals surface area contributed by atoms with Gasteiger partial charge in [-0.1, -0.05) is 0 Å². The quantitative estimate of drug-likeness (QED) is 0.660. The number of carbonyl (C=O) groups is 1. The Balaban J connectivity index is 1.74. The number of hydrogen-bond donors (Lipinski definition) is 1. The first-order valence-electron chi connectivity index (χ1n) is 9.24. The highest BCUT2D eigenvalue weighted by Gasteiger charge is 2.35. The van der Waals surface area contributed by atoms with Gasteiger partial charge in [0.25, 0.3) is 0 Å². The maximum atomic E-state index is 12.2. The highest BCUT2D eigenvalue weighted by molar-refractivity contribution is 5.96.